The number of likely N-dealkylation sites (tertiary alicyclic amines) is 1. The van der Waals surface area contributed by atoms with E-state index in [9.17, 15) is 62.3 Å². The van der Waals surface area contributed by atoms with E-state index in [1.54, 1.807) is 88.5 Å². The van der Waals surface area contributed by atoms with E-state index in [4.69, 9.17) is 11.5 Å². The molecule has 0 saturated carbocycles. The van der Waals surface area contributed by atoms with E-state index < -0.39 is 150 Å². The van der Waals surface area contributed by atoms with Gasteiger partial charge in [0.05, 0.1) is 12.9 Å². The third kappa shape index (κ3) is 20.9. The second-order valence-corrected chi connectivity index (χ2v) is 24.3. The Kier molecular flexibility index (Phi) is 26.4. The van der Waals surface area contributed by atoms with E-state index in [1.165, 1.54) is 36.1 Å². The lowest BCUT2D eigenvalue weighted by Crippen LogP contribution is -2.60. The molecule has 91 heavy (non-hydrogen) atoms. The van der Waals surface area contributed by atoms with Crippen LogP contribution in [0, 0.1) is 11.8 Å². The molecule has 492 valence electrons. The number of aromatic nitrogens is 3. The number of benzene rings is 2. The third-order valence-corrected chi connectivity index (χ3v) is 16.3. The molecule has 2 fully saturated rings. The fraction of sp³-hybridized carbons (Fsp3) is 0.508. The van der Waals surface area contributed by atoms with Gasteiger partial charge >= 0.3 is 0 Å². The molecule has 2 aromatic heterocycles. The highest BCUT2D eigenvalue weighted by molar-refractivity contribution is 7.98. The summed E-state index contributed by atoms with van der Waals surface area (Å²) in [6.07, 6.45) is 6.55. The van der Waals surface area contributed by atoms with E-state index >= 15 is 0 Å². The molecule has 2 aliphatic heterocycles. The molecule has 0 aliphatic carbocycles. The molecule has 6 rings (SSSR count). The lowest BCUT2D eigenvalue weighted by Gasteiger charge is -2.32. The van der Waals surface area contributed by atoms with Gasteiger partial charge in [-0.15, -0.1) is 0 Å². The zero-order valence-corrected chi connectivity index (χ0v) is 52.6. The summed E-state index contributed by atoms with van der Waals surface area (Å²) < 4.78 is 0. The van der Waals surface area contributed by atoms with Gasteiger partial charge in [0.1, 0.15) is 60.4 Å². The maximum atomic E-state index is 14.5. The number of amides is 13. The van der Waals surface area contributed by atoms with Crippen molar-refractivity contribution >= 4 is 99.5 Å². The Morgan fingerprint density at radius 2 is 1.29 bits per heavy atom. The largest absolute Gasteiger partial charge is 0.370 e. The van der Waals surface area contributed by atoms with Crippen molar-refractivity contribution in [2.45, 2.75) is 159 Å². The van der Waals surface area contributed by atoms with Crippen LogP contribution in [0.4, 0.5) is 0 Å². The highest BCUT2D eigenvalue weighted by Crippen LogP contribution is 2.23. The van der Waals surface area contributed by atoms with Gasteiger partial charge in [0, 0.05) is 67.6 Å². The molecule has 4 heterocycles. The number of fused-ring (bicyclic) bond motifs is 1. The van der Waals surface area contributed by atoms with Crippen molar-refractivity contribution in [3.8, 4) is 0 Å². The minimum absolute atomic E-state index is 0.00439. The van der Waals surface area contributed by atoms with Crippen LogP contribution in [0.3, 0.4) is 0 Å². The van der Waals surface area contributed by atoms with Crippen LogP contribution in [0.25, 0.3) is 10.9 Å². The van der Waals surface area contributed by atoms with Crippen molar-refractivity contribution in [1.29, 1.82) is 0 Å². The number of H-pyrrole nitrogens is 2. The van der Waals surface area contributed by atoms with Gasteiger partial charge in [0.2, 0.25) is 76.8 Å². The van der Waals surface area contributed by atoms with Gasteiger partial charge in [-0.2, -0.15) is 11.8 Å². The first kappa shape index (κ1) is 70.7. The maximum absolute atomic E-state index is 14.5. The molecule has 2 saturated heterocycles. The average Bonchev–Trinajstić information content (AvgIpc) is 4.03. The number of hydrogen-bond donors (Lipinski definition) is 14. The summed E-state index contributed by atoms with van der Waals surface area (Å²) >= 11 is 1.45. The number of primary amides is 2. The lowest BCUT2D eigenvalue weighted by atomic mass is 10.0. The zero-order chi connectivity index (χ0) is 66.5. The second kappa shape index (κ2) is 34.0. The summed E-state index contributed by atoms with van der Waals surface area (Å²) in [5.41, 5.74) is 13.5. The van der Waals surface area contributed by atoms with E-state index in [-0.39, 0.29) is 70.2 Å². The minimum atomic E-state index is -1.48. The van der Waals surface area contributed by atoms with Crippen LogP contribution in [0.2, 0.25) is 0 Å². The summed E-state index contributed by atoms with van der Waals surface area (Å²) in [5, 5.41) is 27.1. The molecule has 13 amide bonds. The highest BCUT2D eigenvalue weighted by Gasteiger charge is 2.42. The molecular formula is C61H84N16O13S. The zero-order valence-electron chi connectivity index (χ0n) is 51.8. The van der Waals surface area contributed by atoms with Gasteiger partial charge in [0.25, 0.3) is 0 Å². The Labute approximate surface area is 530 Å². The number of nitrogens with one attached hydrogen (secondary N) is 12. The molecule has 0 bridgehead atoms. The molecule has 4 aromatic rings. The Morgan fingerprint density at radius 3 is 1.91 bits per heavy atom. The molecule has 29 nitrogen and oxygen atoms in total. The Morgan fingerprint density at radius 1 is 0.648 bits per heavy atom. The summed E-state index contributed by atoms with van der Waals surface area (Å²) in [7, 11) is 0. The number of aromatic amines is 2. The van der Waals surface area contributed by atoms with Crippen LogP contribution in [0.1, 0.15) is 96.4 Å². The molecule has 0 radical (unpaired) electrons. The smallest absolute Gasteiger partial charge is 0.246 e. The molecule has 2 aromatic carbocycles. The van der Waals surface area contributed by atoms with Crippen molar-refractivity contribution in [2.75, 3.05) is 25.1 Å². The Balaban J connectivity index is 1.12. The van der Waals surface area contributed by atoms with E-state index in [1.807, 2.05) is 6.26 Å². The average molecular weight is 1280 g/mol. The molecule has 16 N–H and O–H groups in total. The van der Waals surface area contributed by atoms with Gasteiger partial charge in [0.15, 0.2) is 0 Å². The van der Waals surface area contributed by atoms with Gasteiger partial charge < -0.3 is 79.5 Å². The van der Waals surface area contributed by atoms with Crippen LogP contribution in [0.15, 0.2) is 73.3 Å². The van der Waals surface area contributed by atoms with Crippen molar-refractivity contribution < 1.29 is 62.3 Å². The standard InChI is InChI=1S/C61H84N16O13S/c1-32(2)50(60(89)66-30-49(80)70-45(27-37-29-64-31-67-37)58(87)73-43(25-35-13-8-7-9-14-35)57(86)71-40(52(63)81)22-24-91-6)75-53(82)34(5)68-56(85)44(26-36-28-65-39-16-11-10-15-38(36)39)74-54(83)42(18-20-47(62)78)72-59(88)46-17-12-23-77(46)61(90)51(33(3)4)76-55(84)41-19-21-48(79)69-41/h7-11,13-16,28-29,31-34,40-46,50-51,65H,12,17-27,30H2,1-6H3,(H2,62,78)(H2,63,81)(H,64,67)(H,66,89)(H,68,85)(H,69,79)(H,70,80)(H,71,86)(H,72,88)(H,73,87)(H,74,83)(H,75,82)(H,76,84)/t34-,40-,41-,42-,43-,44-,45-,46-,50-,51-/m0/s1. The first-order valence-electron chi connectivity index (χ1n) is 30.3. The summed E-state index contributed by atoms with van der Waals surface area (Å²) in [5.74, 6) is -9.93. The predicted octanol–water partition coefficient (Wildman–Crippen LogP) is -1.98. The van der Waals surface area contributed by atoms with Gasteiger partial charge in [-0.25, -0.2) is 4.98 Å². The highest BCUT2D eigenvalue weighted by atomic mass is 32.2. The van der Waals surface area contributed by atoms with Crippen LogP contribution in [-0.4, -0.2) is 182 Å². The molecule has 10 atom stereocenters. The molecule has 0 spiro atoms. The fourth-order valence-corrected chi connectivity index (χ4v) is 11.0. The predicted molar refractivity (Wildman–Crippen MR) is 335 cm³/mol. The van der Waals surface area contributed by atoms with Gasteiger partial charge in [-0.3, -0.25) is 62.3 Å². The van der Waals surface area contributed by atoms with E-state index in [0.717, 1.165) is 0 Å². The van der Waals surface area contributed by atoms with Crippen LogP contribution < -0.4 is 64.6 Å². The topological polar surface area (TPSA) is 442 Å². The normalized spacial score (nSPS) is 17.2. The summed E-state index contributed by atoms with van der Waals surface area (Å²) in [6.45, 7) is 7.49. The Bertz CT molecular complexity index is 3250. The number of nitrogens with two attached hydrogens (primary N) is 2. The molecular weight excluding hydrogens is 1200 g/mol. The van der Waals surface area contributed by atoms with Gasteiger partial charge in [-0.1, -0.05) is 76.2 Å². The number of carbonyl (C=O) groups excluding carboxylic acids is 13. The number of rotatable bonds is 34. The number of hydrogen-bond acceptors (Lipinski definition) is 15. The van der Waals surface area contributed by atoms with Crippen molar-refractivity contribution in [3.63, 3.8) is 0 Å². The van der Waals surface area contributed by atoms with Crippen LogP contribution in [0.5, 0.6) is 0 Å². The van der Waals surface area contributed by atoms with Crippen molar-refractivity contribution in [1.82, 2.24) is 73.0 Å². The third-order valence-electron chi connectivity index (χ3n) is 15.7. The number of imidazole rings is 1. The first-order chi connectivity index (χ1) is 43.3. The second-order valence-electron chi connectivity index (χ2n) is 23.3. The van der Waals surface area contributed by atoms with Crippen LogP contribution in [-0.2, 0) is 81.6 Å². The maximum Gasteiger partial charge on any atom is 0.246 e. The van der Waals surface area contributed by atoms with Crippen LogP contribution >= 0.6 is 11.8 Å². The van der Waals surface area contributed by atoms with E-state index in [0.29, 0.717) is 39.9 Å². The van der Waals surface area contributed by atoms with Crippen molar-refractivity contribution in [3.05, 3.63) is 90.1 Å². The minimum Gasteiger partial charge on any atom is -0.370 e. The monoisotopic (exact) mass is 1280 g/mol. The first-order valence-corrected chi connectivity index (χ1v) is 31.6. The number of para-hydroxylation sites is 1. The Hall–Kier alpha value is -9.35. The lowest BCUT2D eigenvalue weighted by molar-refractivity contribution is -0.143. The molecule has 30 heteroatoms. The fourth-order valence-electron chi connectivity index (χ4n) is 10.6. The SMILES string of the molecule is CSCC[C@H](NC(=O)[C@H](Cc1ccccc1)NC(=O)[C@H](Cc1cnc[nH]1)NC(=O)CNC(=O)[C@@H](NC(=O)[C@H](C)NC(=O)[C@H](Cc1c[nH]c2ccccc12)NC(=O)[C@H](CCC(N)=O)NC(=O)[C@@H]1CCCN1C(=O)[C@@H](NC(=O)[C@@H]1CCC(=O)N1)C(C)C)C(C)C)C(N)=O. The summed E-state index contributed by atoms with van der Waals surface area (Å²) in [6, 6.07) is 3.79. The number of nitrogens with zero attached hydrogens (tertiary/aromatic N) is 2. The van der Waals surface area contributed by atoms with Crippen molar-refractivity contribution in [2.24, 2.45) is 23.3 Å². The van der Waals surface area contributed by atoms with E-state index in [2.05, 4.69) is 68.1 Å². The molecule has 0 unspecified atom stereocenters. The molecule has 2 aliphatic rings. The number of carbonyl (C=O) groups is 13. The quantitative estimate of drug-likeness (QED) is 0.0241. The number of thioether (sulfide) groups is 1. The summed E-state index contributed by atoms with van der Waals surface area (Å²) in [4.78, 5) is 187. The van der Waals surface area contributed by atoms with Gasteiger partial charge in [-0.05, 0) is 80.1 Å².